The number of aromatic nitrogens is 2. The highest BCUT2D eigenvalue weighted by atomic mass is 16.5. The molecule has 1 atom stereocenters. The number of rotatable bonds is 7. The van der Waals surface area contributed by atoms with Crippen LogP contribution in [-0.4, -0.2) is 47.8 Å². The van der Waals surface area contributed by atoms with Gasteiger partial charge in [0, 0.05) is 24.3 Å². The summed E-state index contributed by atoms with van der Waals surface area (Å²) in [6.07, 6.45) is 0. The number of likely N-dealkylation sites (N-methyl/N-ethyl adjacent to an activating group) is 1. The number of benzene rings is 1. The Morgan fingerprint density at radius 1 is 1.37 bits per heavy atom. The van der Waals surface area contributed by atoms with E-state index in [0.29, 0.717) is 36.0 Å². The number of hydrogen-bond acceptors (Lipinski definition) is 7. The minimum Gasteiger partial charge on any atom is -0.493 e. The lowest BCUT2D eigenvalue weighted by Crippen LogP contribution is -2.34. The molecule has 1 aliphatic heterocycles. The number of allylic oxidation sites excluding steroid dienone is 1. The second-order valence-electron chi connectivity index (χ2n) is 6.76. The number of nitrogens with two attached hydrogens (primary N) is 1. The van der Waals surface area contributed by atoms with Crippen LogP contribution in [0.25, 0.3) is 0 Å². The van der Waals surface area contributed by atoms with Crippen molar-refractivity contribution in [2.45, 2.75) is 26.7 Å². The van der Waals surface area contributed by atoms with Gasteiger partial charge >= 0.3 is 0 Å². The van der Waals surface area contributed by atoms with Crippen LogP contribution in [0.4, 0.5) is 0 Å². The Hall–Kier alpha value is -3.67. The molecule has 2 heterocycles. The molecule has 9 heteroatoms. The summed E-state index contributed by atoms with van der Waals surface area (Å²) in [5.74, 6) is 0.691. The number of fused-ring (bicyclic) bond motifs is 1. The predicted octanol–water partition coefficient (Wildman–Crippen LogP) is 2.19. The number of aryl methyl sites for hydroxylation is 1. The third kappa shape index (κ3) is 3.76. The molecule has 0 saturated heterocycles. The summed E-state index contributed by atoms with van der Waals surface area (Å²) in [5.41, 5.74) is 8.54. The van der Waals surface area contributed by atoms with Crippen molar-refractivity contribution in [1.29, 1.82) is 5.26 Å². The molecule has 3 rings (SSSR count). The second kappa shape index (κ2) is 8.78. The van der Waals surface area contributed by atoms with Crippen LogP contribution >= 0.6 is 0 Å². The standard InChI is InChI=1S/C21H25N5O4/c1-5-26(6-2)17(27)11-29-15-8-7-13(9-16(15)28-4)19-14(10-22)20(23)30-21-18(19)12(3)24-25-21/h7-9,19H,5-6,11,23H2,1-4H3,(H,24,25). The molecule has 158 valence electrons. The largest absolute Gasteiger partial charge is 0.493 e. The van der Waals surface area contributed by atoms with Gasteiger partial charge < -0.3 is 24.8 Å². The van der Waals surface area contributed by atoms with Gasteiger partial charge in [0.05, 0.1) is 13.0 Å². The fraction of sp³-hybridized carbons (Fsp3) is 0.381. The molecule has 2 aromatic rings. The molecule has 0 aliphatic carbocycles. The summed E-state index contributed by atoms with van der Waals surface area (Å²) in [6, 6.07) is 7.45. The molecule has 9 nitrogen and oxygen atoms in total. The summed E-state index contributed by atoms with van der Waals surface area (Å²) < 4.78 is 16.7. The van der Waals surface area contributed by atoms with E-state index < -0.39 is 5.92 Å². The van der Waals surface area contributed by atoms with Gasteiger partial charge in [-0.1, -0.05) is 6.07 Å². The van der Waals surface area contributed by atoms with E-state index in [0.717, 1.165) is 16.8 Å². The van der Waals surface area contributed by atoms with Gasteiger partial charge in [0.15, 0.2) is 18.1 Å². The number of nitrogens with one attached hydrogen (secondary N) is 1. The summed E-state index contributed by atoms with van der Waals surface area (Å²) in [7, 11) is 1.52. The third-order valence-electron chi connectivity index (χ3n) is 5.12. The minimum atomic E-state index is -0.460. The zero-order chi connectivity index (χ0) is 21.8. The number of nitrogens with zero attached hydrogens (tertiary/aromatic N) is 3. The number of carbonyl (C=O) groups excluding carboxylic acids is 1. The van der Waals surface area contributed by atoms with Gasteiger partial charge in [-0.05, 0) is 38.5 Å². The lowest BCUT2D eigenvalue weighted by atomic mass is 9.84. The van der Waals surface area contributed by atoms with E-state index in [1.165, 1.54) is 7.11 Å². The molecule has 0 saturated carbocycles. The molecule has 0 spiro atoms. The smallest absolute Gasteiger partial charge is 0.260 e. The Morgan fingerprint density at radius 2 is 2.10 bits per heavy atom. The van der Waals surface area contributed by atoms with Crippen LogP contribution in [0, 0.1) is 18.3 Å². The first-order valence-electron chi connectivity index (χ1n) is 9.65. The number of carbonyl (C=O) groups is 1. The molecule has 1 aromatic carbocycles. The van der Waals surface area contributed by atoms with E-state index in [-0.39, 0.29) is 18.4 Å². The topological polar surface area (TPSA) is 126 Å². The van der Waals surface area contributed by atoms with Crippen LogP contribution in [0.15, 0.2) is 29.7 Å². The molecule has 0 fully saturated rings. The van der Waals surface area contributed by atoms with E-state index in [9.17, 15) is 10.1 Å². The van der Waals surface area contributed by atoms with Crippen molar-refractivity contribution in [3.05, 3.63) is 46.5 Å². The fourth-order valence-electron chi connectivity index (χ4n) is 3.52. The van der Waals surface area contributed by atoms with Crippen molar-refractivity contribution in [2.75, 3.05) is 26.8 Å². The quantitative estimate of drug-likeness (QED) is 0.715. The average Bonchev–Trinajstić information content (AvgIpc) is 3.12. The Morgan fingerprint density at radius 3 is 2.73 bits per heavy atom. The first kappa shape index (κ1) is 21.0. The van der Waals surface area contributed by atoms with Crippen molar-refractivity contribution in [2.24, 2.45) is 5.73 Å². The third-order valence-corrected chi connectivity index (χ3v) is 5.12. The van der Waals surface area contributed by atoms with Crippen molar-refractivity contribution in [3.63, 3.8) is 0 Å². The Labute approximate surface area is 175 Å². The number of amides is 1. The summed E-state index contributed by atoms with van der Waals surface area (Å²) >= 11 is 0. The zero-order valence-corrected chi connectivity index (χ0v) is 17.5. The molecule has 1 amide bonds. The lowest BCUT2D eigenvalue weighted by molar-refractivity contribution is -0.132. The molecule has 1 aliphatic rings. The first-order chi connectivity index (χ1) is 14.4. The van der Waals surface area contributed by atoms with Crippen LogP contribution in [0.3, 0.4) is 0 Å². The number of ether oxygens (including phenoxy) is 3. The van der Waals surface area contributed by atoms with Gasteiger partial charge in [-0.3, -0.25) is 9.89 Å². The van der Waals surface area contributed by atoms with E-state index in [4.69, 9.17) is 19.9 Å². The maximum absolute atomic E-state index is 12.2. The molecule has 0 radical (unpaired) electrons. The predicted molar refractivity (Wildman–Crippen MR) is 109 cm³/mol. The number of nitriles is 1. The van der Waals surface area contributed by atoms with E-state index in [2.05, 4.69) is 16.3 Å². The zero-order valence-electron chi connectivity index (χ0n) is 17.5. The van der Waals surface area contributed by atoms with Crippen LogP contribution in [-0.2, 0) is 4.79 Å². The second-order valence-corrected chi connectivity index (χ2v) is 6.76. The molecular weight excluding hydrogens is 386 g/mol. The number of methoxy groups -OCH3 is 1. The normalized spacial score (nSPS) is 15.1. The van der Waals surface area contributed by atoms with Gasteiger partial charge in [0.2, 0.25) is 11.8 Å². The Bertz CT molecular complexity index is 1020. The van der Waals surface area contributed by atoms with Gasteiger partial charge in [-0.25, -0.2) is 0 Å². The van der Waals surface area contributed by atoms with Crippen molar-refractivity contribution in [3.8, 4) is 23.4 Å². The van der Waals surface area contributed by atoms with Crippen LogP contribution in [0.5, 0.6) is 17.4 Å². The number of aromatic amines is 1. The molecular formula is C21H25N5O4. The van der Waals surface area contributed by atoms with Crippen LogP contribution < -0.4 is 19.9 Å². The molecule has 1 aromatic heterocycles. The molecule has 3 N–H and O–H groups in total. The van der Waals surface area contributed by atoms with Crippen molar-refractivity contribution >= 4 is 5.91 Å². The Kier molecular flexibility index (Phi) is 6.16. The van der Waals surface area contributed by atoms with Gasteiger partial charge in [0.25, 0.3) is 5.91 Å². The van der Waals surface area contributed by atoms with E-state index >= 15 is 0 Å². The lowest BCUT2D eigenvalue weighted by Gasteiger charge is -2.24. The minimum absolute atomic E-state index is 0.0191. The van der Waals surface area contributed by atoms with Crippen molar-refractivity contribution in [1.82, 2.24) is 15.1 Å². The number of H-pyrrole nitrogens is 1. The SMILES string of the molecule is CCN(CC)C(=O)COc1ccc(C2C(C#N)=C(N)Oc3n[nH]c(C)c32)cc1OC. The summed E-state index contributed by atoms with van der Waals surface area (Å²) in [5, 5.41) is 16.7. The molecule has 0 bridgehead atoms. The maximum atomic E-state index is 12.2. The van der Waals surface area contributed by atoms with Gasteiger partial charge in [-0.15, -0.1) is 5.10 Å². The summed E-state index contributed by atoms with van der Waals surface area (Å²) in [4.78, 5) is 13.9. The van der Waals surface area contributed by atoms with E-state index in [1.807, 2.05) is 26.8 Å². The average molecular weight is 411 g/mol. The van der Waals surface area contributed by atoms with E-state index in [1.54, 1.807) is 17.0 Å². The van der Waals surface area contributed by atoms with Gasteiger partial charge in [0.1, 0.15) is 11.6 Å². The highest BCUT2D eigenvalue weighted by Gasteiger charge is 2.34. The Balaban J connectivity index is 1.94. The highest BCUT2D eigenvalue weighted by molar-refractivity contribution is 5.77. The van der Waals surface area contributed by atoms with Gasteiger partial charge in [-0.2, -0.15) is 5.26 Å². The molecule has 30 heavy (non-hydrogen) atoms. The fourth-order valence-corrected chi connectivity index (χ4v) is 3.52. The monoisotopic (exact) mass is 411 g/mol. The summed E-state index contributed by atoms with van der Waals surface area (Å²) in [6.45, 7) is 6.85. The molecule has 1 unspecified atom stereocenters. The van der Waals surface area contributed by atoms with Crippen LogP contribution in [0.2, 0.25) is 0 Å². The van der Waals surface area contributed by atoms with Crippen LogP contribution in [0.1, 0.15) is 36.6 Å². The number of hydrogen-bond donors (Lipinski definition) is 2. The first-order valence-corrected chi connectivity index (χ1v) is 9.65. The maximum Gasteiger partial charge on any atom is 0.260 e. The van der Waals surface area contributed by atoms with Crippen molar-refractivity contribution < 1.29 is 19.0 Å². The highest BCUT2D eigenvalue weighted by Crippen LogP contribution is 2.44.